The molecule has 2 fully saturated rings. The molecule has 2 bridgehead atoms. The lowest BCUT2D eigenvalue weighted by Gasteiger charge is -2.27. The molecule has 1 amide bonds. The smallest absolute Gasteiger partial charge is 0.269 e. The molecule has 1 aliphatic carbocycles. The molecule has 3 rings (SSSR count). The molecule has 1 aromatic carbocycles. The number of amides is 1. The van der Waals surface area contributed by atoms with Gasteiger partial charge in [-0.15, -0.1) is 0 Å². The molecule has 1 saturated carbocycles. The number of rotatable bonds is 2. The summed E-state index contributed by atoms with van der Waals surface area (Å²) in [6.45, 7) is 0.848. The highest BCUT2D eigenvalue weighted by Gasteiger charge is 2.40. The van der Waals surface area contributed by atoms with E-state index >= 15 is 0 Å². The Morgan fingerprint density at radius 1 is 1.28 bits per heavy atom. The van der Waals surface area contributed by atoms with Crippen molar-refractivity contribution in [1.29, 1.82) is 0 Å². The monoisotopic (exact) mass is 246 g/mol. The van der Waals surface area contributed by atoms with Crippen molar-refractivity contribution in [3.63, 3.8) is 0 Å². The third kappa shape index (κ3) is 1.75. The summed E-state index contributed by atoms with van der Waals surface area (Å²) in [7, 11) is 0. The minimum absolute atomic E-state index is 0.0112. The Balaban J connectivity index is 1.78. The molecular weight excluding hydrogens is 232 g/mol. The van der Waals surface area contributed by atoms with Crippen LogP contribution < -0.4 is 0 Å². The second-order valence-corrected chi connectivity index (χ2v) is 5.09. The van der Waals surface area contributed by atoms with E-state index in [0.29, 0.717) is 17.5 Å². The number of non-ortho nitro benzene ring substituents is 1. The third-order valence-corrected chi connectivity index (χ3v) is 4.00. The molecule has 5 nitrogen and oxygen atoms in total. The maximum Gasteiger partial charge on any atom is 0.269 e. The first-order chi connectivity index (χ1) is 8.65. The fourth-order valence-corrected chi connectivity index (χ4v) is 3.06. The van der Waals surface area contributed by atoms with E-state index in [9.17, 15) is 14.9 Å². The van der Waals surface area contributed by atoms with Crippen molar-refractivity contribution in [2.24, 2.45) is 5.92 Å². The van der Waals surface area contributed by atoms with Crippen LogP contribution in [0.15, 0.2) is 24.3 Å². The molecule has 0 spiro atoms. The number of carbonyl (C=O) groups excluding carboxylic acids is 1. The summed E-state index contributed by atoms with van der Waals surface area (Å²) in [4.78, 5) is 24.3. The van der Waals surface area contributed by atoms with Gasteiger partial charge in [0.25, 0.3) is 11.6 Å². The van der Waals surface area contributed by atoms with Gasteiger partial charge in [-0.05, 0) is 37.3 Å². The van der Waals surface area contributed by atoms with Crippen LogP contribution in [0, 0.1) is 16.0 Å². The average Bonchev–Trinajstić information content (AvgIpc) is 3.00. The molecule has 18 heavy (non-hydrogen) atoms. The third-order valence-electron chi connectivity index (χ3n) is 4.00. The Hall–Kier alpha value is -1.91. The molecule has 1 aliphatic heterocycles. The van der Waals surface area contributed by atoms with Crippen LogP contribution in [0.1, 0.15) is 29.6 Å². The van der Waals surface area contributed by atoms with Crippen molar-refractivity contribution >= 4 is 11.6 Å². The lowest BCUT2D eigenvalue weighted by atomic mass is 10.1. The molecule has 0 N–H and O–H groups in total. The van der Waals surface area contributed by atoms with Gasteiger partial charge in [-0.1, -0.05) is 0 Å². The summed E-state index contributed by atoms with van der Waals surface area (Å²) in [5.74, 6) is 0.675. The Labute approximate surface area is 105 Å². The van der Waals surface area contributed by atoms with E-state index in [4.69, 9.17) is 0 Å². The highest BCUT2D eigenvalue weighted by atomic mass is 16.6. The number of piperidine rings is 1. The maximum absolute atomic E-state index is 12.3. The normalized spacial score (nSPS) is 25.4. The molecule has 2 aliphatic rings. The van der Waals surface area contributed by atoms with Crippen molar-refractivity contribution < 1.29 is 9.72 Å². The Morgan fingerprint density at radius 3 is 2.50 bits per heavy atom. The van der Waals surface area contributed by atoms with Gasteiger partial charge < -0.3 is 4.90 Å². The summed E-state index contributed by atoms with van der Waals surface area (Å²) in [6, 6.07) is 6.26. The van der Waals surface area contributed by atoms with Gasteiger partial charge in [-0.25, -0.2) is 0 Å². The van der Waals surface area contributed by atoms with Gasteiger partial charge in [0.1, 0.15) is 0 Å². The van der Waals surface area contributed by atoms with Crippen LogP contribution in [0.3, 0.4) is 0 Å². The summed E-state index contributed by atoms with van der Waals surface area (Å²) in [5, 5.41) is 10.6. The van der Waals surface area contributed by atoms with Gasteiger partial charge >= 0.3 is 0 Å². The Bertz CT molecular complexity index is 497. The predicted octanol–water partition coefficient (Wildman–Crippen LogP) is 2.22. The summed E-state index contributed by atoms with van der Waals surface area (Å²) in [6.07, 6.45) is 3.46. The summed E-state index contributed by atoms with van der Waals surface area (Å²) in [5.41, 5.74) is 0.572. The topological polar surface area (TPSA) is 63.4 Å². The first kappa shape index (κ1) is 11.2. The van der Waals surface area contributed by atoms with Crippen LogP contribution >= 0.6 is 0 Å². The zero-order chi connectivity index (χ0) is 12.7. The fraction of sp³-hybridized carbons (Fsp3) is 0.462. The number of nitrogens with zero attached hydrogens (tertiary/aromatic N) is 2. The maximum atomic E-state index is 12.3. The van der Waals surface area contributed by atoms with E-state index in [2.05, 4.69) is 0 Å². The largest absolute Gasteiger partial charge is 0.335 e. The van der Waals surface area contributed by atoms with E-state index in [1.807, 2.05) is 4.90 Å². The zero-order valence-corrected chi connectivity index (χ0v) is 9.91. The summed E-state index contributed by atoms with van der Waals surface area (Å²) < 4.78 is 0. The van der Waals surface area contributed by atoms with Crippen molar-refractivity contribution in [2.45, 2.75) is 25.3 Å². The molecule has 2 unspecified atom stereocenters. The first-order valence-corrected chi connectivity index (χ1v) is 6.20. The lowest BCUT2D eigenvalue weighted by molar-refractivity contribution is -0.384. The van der Waals surface area contributed by atoms with Crippen LogP contribution in [-0.2, 0) is 0 Å². The molecule has 0 aromatic heterocycles. The van der Waals surface area contributed by atoms with E-state index < -0.39 is 4.92 Å². The van der Waals surface area contributed by atoms with E-state index in [0.717, 1.165) is 19.4 Å². The molecule has 1 heterocycles. The number of benzene rings is 1. The molecule has 5 heteroatoms. The van der Waals surface area contributed by atoms with E-state index in [-0.39, 0.29) is 11.6 Å². The number of carbonyl (C=O) groups is 1. The molecule has 0 radical (unpaired) electrons. The van der Waals surface area contributed by atoms with Crippen LogP contribution in [0.2, 0.25) is 0 Å². The van der Waals surface area contributed by atoms with Crippen LogP contribution in [0.5, 0.6) is 0 Å². The van der Waals surface area contributed by atoms with Crippen LogP contribution in [0.25, 0.3) is 0 Å². The van der Waals surface area contributed by atoms with Crippen molar-refractivity contribution in [1.82, 2.24) is 4.90 Å². The van der Waals surface area contributed by atoms with Gasteiger partial charge in [0.05, 0.1) is 4.92 Å². The van der Waals surface area contributed by atoms with Gasteiger partial charge in [0.2, 0.25) is 0 Å². The second-order valence-electron chi connectivity index (χ2n) is 5.09. The van der Waals surface area contributed by atoms with Crippen molar-refractivity contribution in [3.8, 4) is 0 Å². The van der Waals surface area contributed by atoms with Gasteiger partial charge in [0.15, 0.2) is 0 Å². The SMILES string of the molecule is O=C(c1ccc([N+](=O)[O-])cc1)N1CC2CCC1C2. The van der Waals surface area contributed by atoms with Gasteiger partial charge in [0, 0.05) is 30.3 Å². The highest BCUT2D eigenvalue weighted by molar-refractivity contribution is 5.94. The number of hydrogen-bond donors (Lipinski definition) is 0. The zero-order valence-electron chi connectivity index (χ0n) is 9.91. The van der Waals surface area contributed by atoms with Crippen LogP contribution in [-0.4, -0.2) is 28.3 Å². The van der Waals surface area contributed by atoms with E-state index in [1.54, 1.807) is 12.1 Å². The molecule has 94 valence electrons. The quantitative estimate of drug-likeness (QED) is 0.593. The minimum Gasteiger partial charge on any atom is -0.335 e. The number of nitro groups is 1. The number of fused-ring (bicyclic) bond motifs is 2. The lowest BCUT2D eigenvalue weighted by Crippen LogP contribution is -2.37. The molecule has 2 atom stereocenters. The number of likely N-dealkylation sites (tertiary alicyclic amines) is 1. The van der Waals surface area contributed by atoms with Gasteiger partial charge in [-0.3, -0.25) is 14.9 Å². The first-order valence-electron chi connectivity index (χ1n) is 6.20. The standard InChI is InChI=1S/C13H14N2O3/c16-13(14-8-9-1-4-12(14)7-9)10-2-5-11(6-3-10)15(17)18/h2-3,5-6,9,12H,1,4,7-8H2. The van der Waals surface area contributed by atoms with Crippen LogP contribution in [0.4, 0.5) is 5.69 Å². The fourth-order valence-electron chi connectivity index (χ4n) is 3.06. The molecule has 1 aromatic rings. The average molecular weight is 246 g/mol. The molecule has 1 saturated heterocycles. The minimum atomic E-state index is -0.452. The summed E-state index contributed by atoms with van der Waals surface area (Å²) >= 11 is 0. The van der Waals surface area contributed by atoms with Crippen molar-refractivity contribution in [3.05, 3.63) is 39.9 Å². The Morgan fingerprint density at radius 2 is 2.00 bits per heavy atom. The Kier molecular flexibility index (Phi) is 2.54. The number of nitro benzene ring substituents is 1. The highest BCUT2D eigenvalue weighted by Crippen LogP contribution is 2.38. The number of hydrogen-bond acceptors (Lipinski definition) is 3. The van der Waals surface area contributed by atoms with Crippen molar-refractivity contribution in [2.75, 3.05) is 6.54 Å². The second kappa shape index (κ2) is 4.08. The van der Waals surface area contributed by atoms with E-state index in [1.165, 1.54) is 18.6 Å². The molecular formula is C13H14N2O3. The van der Waals surface area contributed by atoms with Gasteiger partial charge in [-0.2, -0.15) is 0 Å². The predicted molar refractivity (Wildman–Crippen MR) is 65.3 cm³/mol.